The van der Waals surface area contributed by atoms with Gasteiger partial charge in [-0.1, -0.05) is 19.3 Å². The third-order valence-corrected chi connectivity index (χ3v) is 3.13. The van der Waals surface area contributed by atoms with Crippen molar-refractivity contribution in [1.29, 1.82) is 0 Å². The van der Waals surface area contributed by atoms with Crippen LogP contribution in [0.15, 0.2) is 0 Å². The van der Waals surface area contributed by atoms with Crippen molar-refractivity contribution < 1.29 is 4.79 Å². The van der Waals surface area contributed by atoms with Crippen LogP contribution in [-0.4, -0.2) is 19.1 Å². The minimum absolute atomic E-state index is 0.0451. The van der Waals surface area contributed by atoms with Crippen molar-refractivity contribution >= 4 is 5.91 Å². The minimum atomic E-state index is -0.0451. The lowest BCUT2D eigenvalue weighted by Gasteiger charge is -2.39. The van der Waals surface area contributed by atoms with Gasteiger partial charge < -0.3 is 5.32 Å². The first-order valence-corrected chi connectivity index (χ1v) is 4.83. The monoisotopic (exact) mass is 168 g/mol. The fourth-order valence-corrected chi connectivity index (χ4v) is 2.34. The molecule has 68 valence electrons. The largest absolute Gasteiger partial charge is 0.343 e. The third-order valence-electron chi connectivity index (χ3n) is 3.13. The number of nitrogens with one attached hydrogen (secondary N) is 2. The zero-order valence-corrected chi connectivity index (χ0v) is 7.36. The van der Waals surface area contributed by atoms with E-state index in [1.54, 1.807) is 0 Å². The van der Waals surface area contributed by atoms with Crippen LogP contribution in [0.25, 0.3) is 0 Å². The van der Waals surface area contributed by atoms with Crippen LogP contribution in [0, 0.1) is 5.41 Å². The summed E-state index contributed by atoms with van der Waals surface area (Å²) in [7, 11) is 0. The molecule has 0 unspecified atom stereocenters. The second kappa shape index (κ2) is 3.05. The van der Waals surface area contributed by atoms with Crippen LogP contribution >= 0.6 is 0 Å². The molecule has 12 heavy (non-hydrogen) atoms. The minimum Gasteiger partial charge on any atom is -0.343 e. The SMILES string of the molecule is O=C1NCNCC12CCCCC2. The van der Waals surface area contributed by atoms with Gasteiger partial charge in [0.05, 0.1) is 12.1 Å². The van der Waals surface area contributed by atoms with E-state index in [0.717, 1.165) is 19.4 Å². The predicted octanol–water partition coefficient (Wildman–Crippen LogP) is 0.614. The van der Waals surface area contributed by atoms with Crippen molar-refractivity contribution in [2.24, 2.45) is 5.41 Å². The molecule has 0 aromatic rings. The number of carbonyl (C=O) groups excluding carboxylic acids is 1. The summed E-state index contributed by atoms with van der Waals surface area (Å²) in [5.41, 5.74) is -0.0451. The molecule has 0 radical (unpaired) electrons. The smallest absolute Gasteiger partial charge is 0.228 e. The summed E-state index contributed by atoms with van der Waals surface area (Å²) in [6, 6.07) is 0. The van der Waals surface area contributed by atoms with E-state index in [1.807, 2.05) is 0 Å². The lowest BCUT2D eigenvalue weighted by atomic mass is 9.72. The van der Waals surface area contributed by atoms with Gasteiger partial charge in [-0.05, 0) is 12.8 Å². The molecular weight excluding hydrogens is 152 g/mol. The molecule has 1 spiro atoms. The first-order valence-electron chi connectivity index (χ1n) is 4.83. The van der Waals surface area contributed by atoms with Crippen molar-refractivity contribution in [1.82, 2.24) is 10.6 Å². The van der Waals surface area contributed by atoms with Crippen LogP contribution in [0.2, 0.25) is 0 Å². The third kappa shape index (κ3) is 1.22. The lowest BCUT2D eigenvalue weighted by molar-refractivity contribution is -0.135. The van der Waals surface area contributed by atoms with Crippen molar-refractivity contribution in [2.45, 2.75) is 32.1 Å². The van der Waals surface area contributed by atoms with Crippen LogP contribution in [0.3, 0.4) is 0 Å². The summed E-state index contributed by atoms with van der Waals surface area (Å²) in [4.78, 5) is 11.6. The highest BCUT2D eigenvalue weighted by molar-refractivity contribution is 5.83. The number of hydrogen-bond donors (Lipinski definition) is 2. The van der Waals surface area contributed by atoms with Crippen LogP contribution in [0.4, 0.5) is 0 Å². The van der Waals surface area contributed by atoms with Gasteiger partial charge in [0.25, 0.3) is 0 Å². The van der Waals surface area contributed by atoms with Gasteiger partial charge in [-0.25, -0.2) is 0 Å². The molecule has 1 amide bonds. The van der Waals surface area contributed by atoms with E-state index in [4.69, 9.17) is 0 Å². The molecule has 2 fully saturated rings. The van der Waals surface area contributed by atoms with Gasteiger partial charge >= 0.3 is 0 Å². The molecule has 1 saturated carbocycles. The van der Waals surface area contributed by atoms with E-state index in [9.17, 15) is 4.79 Å². The highest BCUT2D eigenvalue weighted by Gasteiger charge is 2.40. The molecule has 0 aromatic heterocycles. The van der Waals surface area contributed by atoms with E-state index in [2.05, 4.69) is 10.6 Å². The highest BCUT2D eigenvalue weighted by atomic mass is 16.2. The first-order chi connectivity index (χ1) is 5.83. The van der Waals surface area contributed by atoms with Gasteiger partial charge in [-0.3, -0.25) is 10.1 Å². The first kappa shape index (κ1) is 8.05. The van der Waals surface area contributed by atoms with E-state index in [1.165, 1.54) is 19.3 Å². The molecule has 0 aromatic carbocycles. The Hall–Kier alpha value is -0.570. The summed E-state index contributed by atoms with van der Waals surface area (Å²) in [5, 5.41) is 6.14. The van der Waals surface area contributed by atoms with E-state index >= 15 is 0 Å². The normalized spacial score (nSPS) is 28.5. The fourth-order valence-electron chi connectivity index (χ4n) is 2.34. The zero-order valence-electron chi connectivity index (χ0n) is 7.36. The number of rotatable bonds is 0. The maximum Gasteiger partial charge on any atom is 0.228 e. The molecule has 3 nitrogen and oxygen atoms in total. The Kier molecular flexibility index (Phi) is 2.05. The van der Waals surface area contributed by atoms with E-state index < -0.39 is 0 Å². The topological polar surface area (TPSA) is 41.1 Å². The van der Waals surface area contributed by atoms with Crippen molar-refractivity contribution in [3.63, 3.8) is 0 Å². The van der Waals surface area contributed by atoms with Crippen molar-refractivity contribution in [3.05, 3.63) is 0 Å². The Labute approximate surface area is 72.9 Å². The number of amides is 1. The molecule has 1 heterocycles. The van der Waals surface area contributed by atoms with E-state index in [-0.39, 0.29) is 11.3 Å². The Morgan fingerprint density at radius 2 is 1.92 bits per heavy atom. The van der Waals surface area contributed by atoms with Gasteiger partial charge in [0.1, 0.15) is 0 Å². The van der Waals surface area contributed by atoms with Gasteiger partial charge in [-0.2, -0.15) is 0 Å². The van der Waals surface area contributed by atoms with Crippen LogP contribution in [0.1, 0.15) is 32.1 Å². The molecule has 2 aliphatic rings. The Bertz CT molecular complexity index is 177. The maximum absolute atomic E-state index is 11.6. The molecule has 1 saturated heterocycles. The molecule has 2 rings (SSSR count). The molecule has 0 atom stereocenters. The van der Waals surface area contributed by atoms with Gasteiger partial charge in [-0.15, -0.1) is 0 Å². The number of hydrogen-bond acceptors (Lipinski definition) is 2. The quantitative estimate of drug-likeness (QED) is 0.556. The molecule has 0 bridgehead atoms. The average molecular weight is 168 g/mol. The molecular formula is C9H16N2O. The van der Waals surface area contributed by atoms with Crippen LogP contribution in [0.5, 0.6) is 0 Å². The molecule has 2 N–H and O–H groups in total. The predicted molar refractivity (Wildman–Crippen MR) is 46.5 cm³/mol. The summed E-state index contributed by atoms with van der Waals surface area (Å²) in [6.45, 7) is 1.54. The van der Waals surface area contributed by atoms with Crippen molar-refractivity contribution in [3.8, 4) is 0 Å². The highest BCUT2D eigenvalue weighted by Crippen LogP contribution is 2.36. The van der Waals surface area contributed by atoms with Crippen LogP contribution < -0.4 is 10.6 Å². The number of carbonyl (C=O) groups is 1. The Morgan fingerprint density at radius 3 is 2.58 bits per heavy atom. The molecule has 3 heteroatoms. The zero-order chi connectivity index (χ0) is 8.44. The van der Waals surface area contributed by atoms with Gasteiger partial charge in [0, 0.05) is 6.54 Å². The Balaban J connectivity index is 2.09. The standard InChI is InChI=1S/C9H16N2O/c12-8-9(6-10-7-11-8)4-2-1-3-5-9/h10H,1-7H2,(H,11,12). The Morgan fingerprint density at radius 1 is 1.17 bits per heavy atom. The van der Waals surface area contributed by atoms with Gasteiger partial charge in [0.15, 0.2) is 0 Å². The summed E-state index contributed by atoms with van der Waals surface area (Å²) < 4.78 is 0. The second-order valence-electron chi connectivity index (χ2n) is 3.95. The van der Waals surface area contributed by atoms with Crippen LogP contribution in [-0.2, 0) is 4.79 Å². The van der Waals surface area contributed by atoms with E-state index in [0.29, 0.717) is 6.67 Å². The average Bonchev–Trinajstić information content (AvgIpc) is 2.12. The van der Waals surface area contributed by atoms with Crippen molar-refractivity contribution in [2.75, 3.05) is 13.2 Å². The summed E-state index contributed by atoms with van der Waals surface area (Å²) in [5.74, 6) is 0.279. The summed E-state index contributed by atoms with van der Waals surface area (Å²) in [6.07, 6.45) is 5.89. The second-order valence-corrected chi connectivity index (χ2v) is 3.95. The maximum atomic E-state index is 11.6. The lowest BCUT2D eigenvalue weighted by Crippen LogP contribution is -2.56. The summed E-state index contributed by atoms with van der Waals surface area (Å²) >= 11 is 0. The molecule has 1 aliphatic heterocycles. The van der Waals surface area contributed by atoms with Gasteiger partial charge in [0.2, 0.25) is 5.91 Å². The molecule has 1 aliphatic carbocycles. The fraction of sp³-hybridized carbons (Fsp3) is 0.889.